The summed E-state index contributed by atoms with van der Waals surface area (Å²) in [6.07, 6.45) is 0. The summed E-state index contributed by atoms with van der Waals surface area (Å²) in [7, 11) is 3.04. The highest BCUT2D eigenvalue weighted by molar-refractivity contribution is 5.49. The summed E-state index contributed by atoms with van der Waals surface area (Å²) in [5.41, 5.74) is 0.641. The summed E-state index contributed by atoms with van der Waals surface area (Å²) >= 11 is 0. The molecule has 0 bridgehead atoms. The number of para-hydroxylation sites is 1. The quantitative estimate of drug-likeness (QED) is 0.808. The van der Waals surface area contributed by atoms with Crippen LogP contribution in [0, 0.1) is 11.3 Å². The van der Waals surface area contributed by atoms with E-state index in [0.29, 0.717) is 17.1 Å². The molecule has 0 heterocycles. The molecule has 0 fully saturated rings. The highest BCUT2D eigenvalue weighted by Gasteiger charge is 2.17. The lowest BCUT2D eigenvalue weighted by Crippen LogP contribution is -2.04. The summed E-state index contributed by atoms with van der Waals surface area (Å²) in [6, 6.07) is 7.25. The number of aliphatic hydroxyl groups is 1. The molecular formula is C11H13NO3. The van der Waals surface area contributed by atoms with Gasteiger partial charge in [0.25, 0.3) is 0 Å². The Morgan fingerprint density at radius 3 is 2.60 bits per heavy atom. The zero-order chi connectivity index (χ0) is 11.3. The molecule has 0 aliphatic carbocycles. The second-order valence-electron chi connectivity index (χ2n) is 2.95. The van der Waals surface area contributed by atoms with E-state index < -0.39 is 5.92 Å². The molecule has 0 aliphatic rings. The molecule has 4 nitrogen and oxygen atoms in total. The Morgan fingerprint density at radius 1 is 1.40 bits per heavy atom. The highest BCUT2D eigenvalue weighted by atomic mass is 16.5. The number of ether oxygens (including phenoxy) is 2. The van der Waals surface area contributed by atoms with Gasteiger partial charge in [-0.05, 0) is 6.07 Å². The van der Waals surface area contributed by atoms with Crippen molar-refractivity contribution in [3.8, 4) is 17.6 Å². The van der Waals surface area contributed by atoms with E-state index in [0.717, 1.165) is 0 Å². The van der Waals surface area contributed by atoms with Gasteiger partial charge in [-0.3, -0.25) is 0 Å². The molecule has 1 rings (SSSR count). The van der Waals surface area contributed by atoms with Crippen LogP contribution in [0.15, 0.2) is 18.2 Å². The summed E-state index contributed by atoms with van der Waals surface area (Å²) in [6.45, 7) is -0.236. The first-order chi connectivity index (χ1) is 7.28. The number of nitrogens with zero attached hydrogens (tertiary/aromatic N) is 1. The van der Waals surface area contributed by atoms with Crippen molar-refractivity contribution in [2.75, 3.05) is 20.8 Å². The second-order valence-corrected chi connectivity index (χ2v) is 2.95. The molecule has 1 aromatic carbocycles. The monoisotopic (exact) mass is 207 g/mol. The van der Waals surface area contributed by atoms with Gasteiger partial charge in [-0.25, -0.2) is 0 Å². The molecule has 0 aliphatic heterocycles. The third kappa shape index (κ3) is 2.20. The van der Waals surface area contributed by atoms with Crippen LogP contribution < -0.4 is 9.47 Å². The number of aliphatic hydroxyl groups excluding tert-OH is 1. The van der Waals surface area contributed by atoms with E-state index in [1.165, 1.54) is 14.2 Å². The molecule has 1 N–H and O–H groups in total. The van der Waals surface area contributed by atoms with Gasteiger partial charge in [0.15, 0.2) is 11.5 Å². The van der Waals surface area contributed by atoms with Crippen LogP contribution >= 0.6 is 0 Å². The van der Waals surface area contributed by atoms with Gasteiger partial charge in [0.1, 0.15) is 0 Å². The summed E-state index contributed by atoms with van der Waals surface area (Å²) in [5.74, 6) is 0.472. The molecule has 1 atom stereocenters. The maximum atomic E-state index is 9.04. The average Bonchev–Trinajstić information content (AvgIpc) is 2.30. The predicted octanol–water partition coefficient (Wildman–Crippen LogP) is 1.30. The minimum Gasteiger partial charge on any atom is -0.493 e. The molecule has 15 heavy (non-hydrogen) atoms. The summed E-state index contributed by atoms with van der Waals surface area (Å²) < 4.78 is 10.3. The molecule has 4 heteroatoms. The van der Waals surface area contributed by atoms with E-state index in [2.05, 4.69) is 0 Å². The van der Waals surface area contributed by atoms with Crippen LogP contribution in [0.3, 0.4) is 0 Å². The first-order valence-electron chi connectivity index (χ1n) is 4.49. The van der Waals surface area contributed by atoms with Gasteiger partial charge < -0.3 is 14.6 Å². The predicted molar refractivity (Wildman–Crippen MR) is 55.0 cm³/mol. The van der Waals surface area contributed by atoms with Crippen molar-refractivity contribution in [1.82, 2.24) is 0 Å². The van der Waals surface area contributed by atoms with E-state index in [1.54, 1.807) is 18.2 Å². The zero-order valence-electron chi connectivity index (χ0n) is 8.73. The van der Waals surface area contributed by atoms with Gasteiger partial charge in [-0.1, -0.05) is 12.1 Å². The normalized spacial score (nSPS) is 11.6. The van der Waals surface area contributed by atoms with Crippen LogP contribution in [0.2, 0.25) is 0 Å². The number of methoxy groups -OCH3 is 2. The highest BCUT2D eigenvalue weighted by Crippen LogP contribution is 2.34. The standard InChI is InChI=1S/C11H13NO3/c1-14-10-5-3-4-9(11(10)15-2)8(6-12)7-13/h3-5,8,13H,7H2,1-2H3. The Bertz CT molecular complexity index is 371. The lowest BCUT2D eigenvalue weighted by molar-refractivity contribution is 0.281. The fourth-order valence-corrected chi connectivity index (χ4v) is 1.40. The molecule has 0 aromatic heterocycles. The fourth-order valence-electron chi connectivity index (χ4n) is 1.40. The topological polar surface area (TPSA) is 62.5 Å². The number of nitriles is 1. The van der Waals surface area contributed by atoms with Gasteiger partial charge >= 0.3 is 0 Å². The summed E-state index contributed by atoms with van der Waals surface area (Å²) in [5, 5.41) is 17.9. The Labute approximate surface area is 88.7 Å². The van der Waals surface area contributed by atoms with Gasteiger partial charge in [0.05, 0.1) is 32.8 Å². The van der Waals surface area contributed by atoms with Crippen LogP contribution in [0.4, 0.5) is 0 Å². The Balaban J connectivity index is 3.23. The van der Waals surface area contributed by atoms with Crippen LogP contribution in [0.5, 0.6) is 11.5 Å². The molecule has 0 spiro atoms. The third-order valence-electron chi connectivity index (χ3n) is 2.15. The number of benzene rings is 1. The molecule has 0 amide bonds. The lowest BCUT2D eigenvalue weighted by atomic mass is 10.00. The van der Waals surface area contributed by atoms with Crippen LogP contribution in [0.1, 0.15) is 11.5 Å². The van der Waals surface area contributed by atoms with Gasteiger partial charge in [-0.15, -0.1) is 0 Å². The van der Waals surface area contributed by atoms with Crippen LogP contribution in [0.25, 0.3) is 0 Å². The Kier molecular flexibility index (Phi) is 3.95. The minimum absolute atomic E-state index is 0.236. The Morgan fingerprint density at radius 2 is 2.13 bits per heavy atom. The van der Waals surface area contributed by atoms with Crippen molar-refractivity contribution in [3.05, 3.63) is 23.8 Å². The average molecular weight is 207 g/mol. The molecule has 1 aromatic rings. The third-order valence-corrected chi connectivity index (χ3v) is 2.15. The van der Waals surface area contributed by atoms with Crippen molar-refractivity contribution in [1.29, 1.82) is 5.26 Å². The van der Waals surface area contributed by atoms with Crippen molar-refractivity contribution >= 4 is 0 Å². The van der Waals surface area contributed by atoms with Crippen LogP contribution in [-0.2, 0) is 0 Å². The van der Waals surface area contributed by atoms with E-state index in [-0.39, 0.29) is 6.61 Å². The van der Waals surface area contributed by atoms with Crippen molar-refractivity contribution < 1.29 is 14.6 Å². The Hall–Kier alpha value is -1.73. The van der Waals surface area contributed by atoms with Gasteiger partial charge in [0, 0.05) is 5.56 Å². The first kappa shape index (κ1) is 11.3. The van der Waals surface area contributed by atoms with Gasteiger partial charge in [-0.2, -0.15) is 5.26 Å². The van der Waals surface area contributed by atoms with Crippen molar-refractivity contribution in [2.45, 2.75) is 5.92 Å². The number of hydrogen-bond acceptors (Lipinski definition) is 4. The fraction of sp³-hybridized carbons (Fsp3) is 0.364. The smallest absolute Gasteiger partial charge is 0.165 e. The molecule has 1 unspecified atom stereocenters. The van der Waals surface area contributed by atoms with E-state index in [9.17, 15) is 0 Å². The van der Waals surface area contributed by atoms with Crippen molar-refractivity contribution in [2.24, 2.45) is 0 Å². The largest absolute Gasteiger partial charge is 0.493 e. The van der Waals surface area contributed by atoms with E-state index in [1.807, 2.05) is 6.07 Å². The molecule has 80 valence electrons. The number of hydrogen-bond donors (Lipinski definition) is 1. The molecule has 0 saturated carbocycles. The van der Waals surface area contributed by atoms with E-state index >= 15 is 0 Å². The second kappa shape index (κ2) is 5.23. The maximum Gasteiger partial charge on any atom is 0.165 e. The summed E-state index contributed by atoms with van der Waals surface area (Å²) in [4.78, 5) is 0. The number of rotatable bonds is 4. The molecular weight excluding hydrogens is 194 g/mol. The lowest BCUT2D eigenvalue weighted by Gasteiger charge is -2.14. The van der Waals surface area contributed by atoms with E-state index in [4.69, 9.17) is 19.8 Å². The SMILES string of the molecule is COc1cccc(C(C#N)CO)c1OC. The van der Waals surface area contributed by atoms with Crippen molar-refractivity contribution in [3.63, 3.8) is 0 Å². The minimum atomic E-state index is -0.588. The first-order valence-corrected chi connectivity index (χ1v) is 4.49. The zero-order valence-corrected chi connectivity index (χ0v) is 8.73. The maximum absolute atomic E-state index is 9.04. The van der Waals surface area contributed by atoms with Gasteiger partial charge in [0.2, 0.25) is 0 Å². The van der Waals surface area contributed by atoms with Crippen LogP contribution in [-0.4, -0.2) is 25.9 Å². The molecule has 0 saturated heterocycles. The molecule has 0 radical (unpaired) electrons.